The summed E-state index contributed by atoms with van der Waals surface area (Å²) in [6.07, 6.45) is 1.30. The third-order valence-corrected chi connectivity index (χ3v) is 3.88. The number of benzene rings is 1. The normalized spacial score (nSPS) is 10.6. The summed E-state index contributed by atoms with van der Waals surface area (Å²) in [5.41, 5.74) is 4.72. The van der Waals surface area contributed by atoms with Gasteiger partial charge in [-0.05, 0) is 57.4 Å². The fourth-order valence-electron chi connectivity index (χ4n) is 2.86. The number of nitriles is 1. The summed E-state index contributed by atoms with van der Waals surface area (Å²) < 4.78 is 0. The standard InChI is InChI=1S/C18H23N3/c1-5-21(6-2)18-15(8-7-9-19)12-16-11-13(3)10-14(4)17(16)20-18/h10-12H,5-8H2,1-4H3. The van der Waals surface area contributed by atoms with E-state index in [4.69, 9.17) is 10.2 Å². The summed E-state index contributed by atoms with van der Waals surface area (Å²) in [5, 5.41) is 10.1. The first kappa shape index (κ1) is 15.3. The molecule has 2 aromatic rings. The molecule has 0 saturated carbocycles. The molecule has 0 unspecified atom stereocenters. The third-order valence-electron chi connectivity index (χ3n) is 3.88. The molecule has 0 aliphatic rings. The van der Waals surface area contributed by atoms with Crippen LogP contribution in [0.3, 0.4) is 0 Å². The number of pyridine rings is 1. The van der Waals surface area contributed by atoms with Gasteiger partial charge in [-0.2, -0.15) is 5.26 Å². The molecule has 1 aromatic heterocycles. The fraction of sp³-hybridized carbons (Fsp3) is 0.444. The minimum atomic E-state index is 0.534. The van der Waals surface area contributed by atoms with Crippen LogP contribution in [0.15, 0.2) is 18.2 Å². The van der Waals surface area contributed by atoms with Gasteiger partial charge in [0.1, 0.15) is 5.82 Å². The first-order valence-corrected chi connectivity index (χ1v) is 7.63. The Morgan fingerprint density at radius 1 is 1.14 bits per heavy atom. The van der Waals surface area contributed by atoms with Crippen LogP contribution in [0.4, 0.5) is 5.82 Å². The van der Waals surface area contributed by atoms with E-state index in [9.17, 15) is 0 Å². The largest absolute Gasteiger partial charge is 0.357 e. The van der Waals surface area contributed by atoms with Crippen molar-refractivity contribution >= 4 is 16.7 Å². The van der Waals surface area contributed by atoms with Gasteiger partial charge in [0.25, 0.3) is 0 Å². The number of hydrogen-bond acceptors (Lipinski definition) is 3. The van der Waals surface area contributed by atoms with Gasteiger partial charge in [-0.1, -0.05) is 11.6 Å². The molecule has 21 heavy (non-hydrogen) atoms. The molecule has 3 heteroatoms. The summed E-state index contributed by atoms with van der Waals surface area (Å²) in [6.45, 7) is 10.4. The number of aromatic nitrogens is 1. The molecule has 0 fully saturated rings. The molecule has 0 atom stereocenters. The Morgan fingerprint density at radius 3 is 2.48 bits per heavy atom. The highest BCUT2D eigenvalue weighted by atomic mass is 15.2. The molecule has 3 nitrogen and oxygen atoms in total. The van der Waals surface area contributed by atoms with Crippen LogP contribution in [0, 0.1) is 25.2 Å². The van der Waals surface area contributed by atoms with Crippen LogP contribution in [-0.4, -0.2) is 18.1 Å². The monoisotopic (exact) mass is 281 g/mol. The molecule has 0 amide bonds. The Labute approximate surface area is 127 Å². The van der Waals surface area contributed by atoms with E-state index in [2.05, 4.69) is 56.9 Å². The van der Waals surface area contributed by atoms with E-state index < -0.39 is 0 Å². The van der Waals surface area contributed by atoms with Crippen molar-refractivity contribution < 1.29 is 0 Å². The summed E-state index contributed by atoms with van der Waals surface area (Å²) in [6, 6.07) is 8.81. The average Bonchev–Trinajstić information content (AvgIpc) is 2.46. The van der Waals surface area contributed by atoms with Gasteiger partial charge in [0.15, 0.2) is 0 Å². The molecular weight excluding hydrogens is 258 g/mol. The molecule has 0 spiro atoms. The first-order valence-electron chi connectivity index (χ1n) is 7.63. The molecule has 0 N–H and O–H groups in total. The predicted octanol–water partition coefficient (Wildman–Crippen LogP) is 4.15. The number of aryl methyl sites for hydroxylation is 3. The number of rotatable bonds is 5. The van der Waals surface area contributed by atoms with Crippen molar-refractivity contribution in [2.45, 2.75) is 40.5 Å². The van der Waals surface area contributed by atoms with Crippen molar-refractivity contribution in [2.75, 3.05) is 18.0 Å². The maximum atomic E-state index is 8.89. The highest BCUT2D eigenvalue weighted by molar-refractivity contribution is 5.85. The zero-order chi connectivity index (χ0) is 15.4. The molecule has 0 radical (unpaired) electrons. The molecule has 0 aliphatic carbocycles. The van der Waals surface area contributed by atoms with Crippen molar-refractivity contribution in [1.29, 1.82) is 5.26 Å². The zero-order valence-corrected chi connectivity index (χ0v) is 13.4. The molecule has 110 valence electrons. The third kappa shape index (κ3) is 3.16. The molecule has 1 heterocycles. The van der Waals surface area contributed by atoms with E-state index >= 15 is 0 Å². The number of anilines is 1. The van der Waals surface area contributed by atoms with Crippen LogP contribution in [0.2, 0.25) is 0 Å². The van der Waals surface area contributed by atoms with Gasteiger partial charge in [-0.3, -0.25) is 0 Å². The van der Waals surface area contributed by atoms with Gasteiger partial charge in [-0.25, -0.2) is 4.98 Å². The van der Waals surface area contributed by atoms with Gasteiger partial charge in [0.05, 0.1) is 11.6 Å². The Morgan fingerprint density at radius 2 is 1.86 bits per heavy atom. The van der Waals surface area contributed by atoms with Crippen LogP contribution in [0.25, 0.3) is 10.9 Å². The second-order valence-electron chi connectivity index (χ2n) is 5.46. The second-order valence-corrected chi connectivity index (χ2v) is 5.46. The highest BCUT2D eigenvalue weighted by Crippen LogP contribution is 2.27. The Bertz CT molecular complexity index is 679. The Hall–Kier alpha value is -2.08. The van der Waals surface area contributed by atoms with E-state index in [1.807, 2.05) is 0 Å². The van der Waals surface area contributed by atoms with Crippen molar-refractivity contribution in [3.8, 4) is 6.07 Å². The lowest BCUT2D eigenvalue weighted by Crippen LogP contribution is -2.24. The molecular formula is C18H23N3. The van der Waals surface area contributed by atoms with Crippen molar-refractivity contribution in [1.82, 2.24) is 4.98 Å². The van der Waals surface area contributed by atoms with Gasteiger partial charge in [0.2, 0.25) is 0 Å². The maximum absolute atomic E-state index is 8.89. The minimum Gasteiger partial charge on any atom is -0.357 e. The molecule has 0 saturated heterocycles. The van der Waals surface area contributed by atoms with Gasteiger partial charge in [-0.15, -0.1) is 0 Å². The van der Waals surface area contributed by atoms with E-state index in [1.165, 1.54) is 22.1 Å². The lowest BCUT2D eigenvalue weighted by molar-refractivity contribution is 0.833. The van der Waals surface area contributed by atoms with Gasteiger partial charge >= 0.3 is 0 Å². The predicted molar refractivity (Wildman–Crippen MR) is 88.7 cm³/mol. The summed E-state index contributed by atoms with van der Waals surface area (Å²) in [7, 11) is 0. The number of fused-ring (bicyclic) bond motifs is 1. The SMILES string of the molecule is CCN(CC)c1nc2c(C)cc(C)cc2cc1CCC#N. The van der Waals surface area contributed by atoms with Crippen LogP contribution in [-0.2, 0) is 6.42 Å². The molecule has 2 rings (SSSR count). The van der Waals surface area contributed by atoms with Crippen LogP contribution in [0.1, 0.15) is 37.0 Å². The number of nitrogens with zero attached hydrogens (tertiary/aromatic N) is 3. The van der Waals surface area contributed by atoms with E-state index in [-0.39, 0.29) is 0 Å². The molecule has 0 bridgehead atoms. The molecule has 1 aromatic carbocycles. The average molecular weight is 281 g/mol. The summed E-state index contributed by atoms with van der Waals surface area (Å²) in [4.78, 5) is 7.20. The Balaban J connectivity index is 2.65. The summed E-state index contributed by atoms with van der Waals surface area (Å²) in [5.74, 6) is 1.04. The first-order chi connectivity index (χ1) is 10.1. The lowest BCUT2D eigenvalue weighted by Gasteiger charge is -2.23. The fourth-order valence-corrected chi connectivity index (χ4v) is 2.86. The smallest absolute Gasteiger partial charge is 0.132 e. The second kappa shape index (κ2) is 6.58. The van der Waals surface area contributed by atoms with E-state index in [1.54, 1.807) is 0 Å². The summed E-state index contributed by atoms with van der Waals surface area (Å²) >= 11 is 0. The van der Waals surface area contributed by atoms with Crippen LogP contribution in [0.5, 0.6) is 0 Å². The van der Waals surface area contributed by atoms with Gasteiger partial charge in [0, 0.05) is 24.9 Å². The topological polar surface area (TPSA) is 39.9 Å². The zero-order valence-electron chi connectivity index (χ0n) is 13.4. The van der Waals surface area contributed by atoms with Crippen molar-refractivity contribution in [3.63, 3.8) is 0 Å². The minimum absolute atomic E-state index is 0.534. The quantitative estimate of drug-likeness (QED) is 0.826. The van der Waals surface area contributed by atoms with Crippen molar-refractivity contribution in [2.24, 2.45) is 0 Å². The lowest BCUT2D eigenvalue weighted by atomic mass is 10.0. The van der Waals surface area contributed by atoms with Crippen molar-refractivity contribution in [3.05, 3.63) is 34.9 Å². The van der Waals surface area contributed by atoms with Crippen LogP contribution >= 0.6 is 0 Å². The highest BCUT2D eigenvalue weighted by Gasteiger charge is 2.13. The van der Waals surface area contributed by atoms with Crippen LogP contribution < -0.4 is 4.90 Å². The molecule has 0 aliphatic heterocycles. The number of hydrogen-bond donors (Lipinski definition) is 0. The Kier molecular flexibility index (Phi) is 4.80. The van der Waals surface area contributed by atoms with Gasteiger partial charge < -0.3 is 4.90 Å². The van der Waals surface area contributed by atoms with E-state index in [0.717, 1.165) is 30.8 Å². The maximum Gasteiger partial charge on any atom is 0.132 e. The van der Waals surface area contributed by atoms with E-state index in [0.29, 0.717) is 6.42 Å².